The Morgan fingerprint density at radius 2 is 1.76 bits per heavy atom. The highest BCUT2D eigenvalue weighted by Gasteiger charge is 2.25. The van der Waals surface area contributed by atoms with Gasteiger partial charge >= 0.3 is 0 Å². The molecule has 42 heavy (non-hydrogen) atoms. The molecule has 2 N–H and O–H groups in total. The average Bonchev–Trinajstić information content (AvgIpc) is 2.94. The van der Waals surface area contributed by atoms with Crippen LogP contribution >= 0.6 is 0 Å². The number of sulfonamides is 1. The van der Waals surface area contributed by atoms with Crippen LogP contribution in [0.15, 0.2) is 29.2 Å². The van der Waals surface area contributed by atoms with Crippen molar-refractivity contribution in [2.24, 2.45) is 5.92 Å². The van der Waals surface area contributed by atoms with Gasteiger partial charge in [-0.15, -0.1) is 0 Å². The van der Waals surface area contributed by atoms with Crippen LogP contribution in [0, 0.1) is 11.7 Å². The smallest absolute Gasteiger partial charge is 0.278 e. The molecule has 2 aliphatic rings. The maximum absolute atomic E-state index is 15.2. The predicted molar refractivity (Wildman–Crippen MR) is 165 cm³/mol. The minimum absolute atomic E-state index is 0.0201. The molecule has 2 heterocycles. The molecule has 1 aromatic carbocycles. The third-order valence-electron chi connectivity index (χ3n) is 8.60. The Kier molecular flexibility index (Phi) is 9.12. The van der Waals surface area contributed by atoms with Gasteiger partial charge in [-0.2, -0.15) is 4.98 Å². The van der Waals surface area contributed by atoms with Crippen molar-refractivity contribution in [3.63, 3.8) is 0 Å². The molecule has 0 aliphatic heterocycles. The number of aromatic nitrogens is 4. The van der Waals surface area contributed by atoms with Crippen LogP contribution in [0.3, 0.4) is 0 Å². The number of benzene rings is 1. The predicted octanol–water partition coefficient (Wildman–Crippen LogP) is 5.18. The molecule has 12 heteroatoms. The van der Waals surface area contributed by atoms with E-state index in [1.54, 1.807) is 10.8 Å². The first-order chi connectivity index (χ1) is 20.0. The van der Waals surface area contributed by atoms with E-state index in [-0.39, 0.29) is 40.7 Å². The van der Waals surface area contributed by atoms with Crippen molar-refractivity contribution in [2.75, 3.05) is 29.9 Å². The summed E-state index contributed by atoms with van der Waals surface area (Å²) in [6.45, 7) is 3.76. The van der Waals surface area contributed by atoms with Gasteiger partial charge in [0, 0.05) is 23.7 Å². The van der Waals surface area contributed by atoms with Crippen LogP contribution in [-0.4, -0.2) is 64.8 Å². The Bertz CT molecular complexity index is 1580. The van der Waals surface area contributed by atoms with Crippen molar-refractivity contribution in [1.82, 2.24) is 24.4 Å². The second kappa shape index (κ2) is 12.6. The average molecular weight is 600 g/mol. The van der Waals surface area contributed by atoms with Crippen molar-refractivity contribution in [3.05, 3.63) is 40.6 Å². The number of anilines is 2. The number of hydrogen-bond acceptors (Lipinski definition) is 8. The van der Waals surface area contributed by atoms with Gasteiger partial charge in [0.1, 0.15) is 17.0 Å². The van der Waals surface area contributed by atoms with Crippen LogP contribution in [0.5, 0.6) is 0 Å². The summed E-state index contributed by atoms with van der Waals surface area (Å²) in [5.74, 6) is -0.244. The highest BCUT2D eigenvalue weighted by Crippen LogP contribution is 2.28. The molecule has 0 bridgehead atoms. The lowest BCUT2D eigenvalue weighted by Gasteiger charge is -2.32. The van der Waals surface area contributed by atoms with Gasteiger partial charge < -0.3 is 10.2 Å². The Hall–Kier alpha value is -3.12. The van der Waals surface area contributed by atoms with Crippen LogP contribution in [0.2, 0.25) is 0 Å². The van der Waals surface area contributed by atoms with Crippen LogP contribution in [-0.2, 0) is 10.0 Å². The van der Waals surface area contributed by atoms with Gasteiger partial charge in [0.2, 0.25) is 16.0 Å². The molecule has 2 aliphatic carbocycles. The van der Waals surface area contributed by atoms with E-state index in [9.17, 15) is 13.2 Å². The topological polar surface area (TPSA) is 122 Å². The summed E-state index contributed by atoms with van der Waals surface area (Å²) in [7, 11) is 0.516. The van der Waals surface area contributed by atoms with Crippen molar-refractivity contribution < 1.29 is 12.8 Å². The fourth-order valence-corrected chi connectivity index (χ4v) is 7.81. The van der Waals surface area contributed by atoms with E-state index in [1.807, 2.05) is 13.8 Å². The second-order valence-corrected chi connectivity index (χ2v) is 14.1. The third kappa shape index (κ3) is 6.91. The Labute approximate surface area is 247 Å². The maximum atomic E-state index is 15.2. The second-order valence-electron chi connectivity index (χ2n) is 12.3. The molecule has 228 valence electrons. The molecule has 0 atom stereocenters. The van der Waals surface area contributed by atoms with Crippen molar-refractivity contribution in [2.45, 2.75) is 89.8 Å². The summed E-state index contributed by atoms with van der Waals surface area (Å²) in [6.07, 6.45) is 10.7. The summed E-state index contributed by atoms with van der Waals surface area (Å²) in [5, 5.41) is 3.43. The lowest BCUT2D eigenvalue weighted by molar-refractivity contribution is 0.221. The molecule has 10 nitrogen and oxygen atoms in total. The van der Waals surface area contributed by atoms with E-state index in [4.69, 9.17) is 0 Å². The number of nitrogens with one attached hydrogen (secondary N) is 2. The SMILES string of the molecule is CC(C)n1c(=O)c(-c2ccc(NS(=O)(=O)CC3CCCCC3)c(F)c2)nc2cnc(NC3CCC(N(C)C)CC3)nc21. The van der Waals surface area contributed by atoms with Crippen LogP contribution in [0.25, 0.3) is 22.4 Å². The third-order valence-corrected chi connectivity index (χ3v) is 10.0. The molecular formula is C30H42FN7O3S. The van der Waals surface area contributed by atoms with Gasteiger partial charge in [-0.05, 0) is 84.5 Å². The molecule has 2 saturated carbocycles. The Morgan fingerprint density at radius 3 is 2.40 bits per heavy atom. The largest absolute Gasteiger partial charge is 0.351 e. The fraction of sp³-hybridized carbons (Fsp3) is 0.600. The number of fused-ring (bicyclic) bond motifs is 1. The van der Waals surface area contributed by atoms with Crippen molar-refractivity contribution >= 4 is 32.8 Å². The van der Waals surface area contributed by atoms with E-state index in [0.29, 0.717) is 23.2 Å². The van der Waals surface area contributed by atoms with E-state index < -0.39 is 21.4 Å². The van der Waals surface area contributed by atoms with Crippen molar-refractivity contribution in [1.29, 1.82) is 0 Å². The molecule has 2 fully saturated rings. The van der Waals surface area contributed by atoms with Crippen LogP contribution < -0.4 is 15.6 Å². The Morgan fingerprint density at radius 1 is 1.05 bits per heavy atom. The monoisotopic (exact) mass is 599 g/mol. The molecule has 0 saturated heterocycles. The first-order valence-corrected chi connectivity index (χ1v) is 16.7. The summed E-state index contributed by atoms with van der Waals surface area (Å²) in [6, 6.07) is 4.61. The lowest BCUT2D eigenvalue weighted by atomic mass is 9.91. The van der Waals surface area contributed by atoms with E-state index in [1.165, 1.54) is 12.1 Å². The van der Waals surface area contributed by atoms with E-state index in [0.717, 1.165) is 63.9 Å². The Balaban J connectivity index is 1.39. The first kappa shape index (κ1) is 30.3. The minimum Gasteiger partial charge on any atom is -0.351 e. The lowest BCUT2D eigenvalue weighted by Crippen LogP contribution is -2.36. The van der Waals surface area contributed by atoms with E-state index in [2.05, 4.69) is 44.0 Å². The van der Waals surface area contributed by atoms with Gasteiger partial charge in [-0.1, -0.05) is 25.3 Å². The van der Waals surface area contributed by atoms with Crippen LogP contribution in [0.1, 0.15) is 77.7 Å². The highest BCUT2D eigenvalue weighted by atomic mass is 32.2. The molecule has 2 aromatic heterocycles. The molecule has 3 aromatic rings. The molecular weight excluding hydrogens is 557 g/mol. The standard InChI is InChI=1S/C30H42FN7O3S/c1-19(2)38-28-26(17-32-30(35-28)33-22-11-13-23(14-12-22)37(3)4)34-27(29(38)39)21-10-15-25(24(31)16-21)36-42(40,41)18-20-8-6-5-7-9-20/h10,15-17,19-20,22-23,36H,5-9,11-14,18H2,1-4H3,(H,32,33,35). The zero-order chi connectivity index (χ0) is 30.0. The molecule has 0 radical (unpaired) electrons. The summed E-state index contributed by atoms with van der Waals surface area (Å²) in [4.78, 5) is 29.6. The summed E-state index contributed by atoms with van der Waals surface area (Å²) in [5.41, 5.74) is 0.586. The van der Waals surface area contributed by atoms with Crippen molar-refractivity contribution in [3.8, 4) is 11.3 Å². The van der Waals surface area contributed by atoms with Gasteiger partial charge in [-0.3, -0.25) is 14.1 Å². The fourth-order valence-electron chi connectivity index (χ4n) is 6.28. The van der Waals surface area contributed by atoms with E-state index >= 15 is 4.39 Å². The van der Waals surface area contributed by atoms with Gasteiger partial charge in [-0.25, -0.2) is 22.8 Å². The number of rotatable bonds is 9. The van der Waals surface area contributed by atoms with Gasteiger partial charge in [0.15, 0.2) is 5.65 Å². The first-order valence-electron chi connectivity index (χ1n) is 15.0. The molecule has 0 spiro atoms. The maximum Gasteiger partial charge on any atom is 0.278 e. The van der Waals surface area contributed by atoms with Crippen LogP contribution in [0.4, 0.5) is 16.0 Å². The number of nitrogens with zero attached hydrogens (tertiary/aromatic N) is 5. The zero-order valence-electron chi connectivity index (χ0n) is 24.9. The summed E-state index contributed by atoms with van der Waals surface area (Å²) >= 11 is 0. The number of hydrogen-bond donors (Lipinski definition) is 2. The normalized spacial score (nSPS) is 20.4. The zero-order valence-corrected chi connectivity index (χ0v) is 25.8. The van der Waals surface area contributed by atoms with Gasteiger partial charge in [0.05, 0.1) is 17.6 Å². The molecule has 5 rings (SSSR count). The molecule has 0 unspecified atom stereocenters. The number of halogens is 1. The highest BCUT2D eigenvalue weighted by molar-refractivity contribution is 7.92. The summed E-state index contributed by atoms with van der Waals surface area (Å²) < 4.78 is 44.6. The minimum atomic E-state index is -3.71. The van der Waals surface area contributed by atoms with Gasteiger partial charge in [0.25, 0.3) is 5.56 Å². The molecule has 0 amide bonds. The quantitative estimate of drug-likeness (QED) is 0.345.